The van der Waals surface area contributed by atoms with Crippen molar-refractivity contribution in [3.8, 4) is 0 Å². The minimum absolute atomic E-state index is 0.546. The van der Waals surface area contributed by atoms with Gasteiger partial charge in [-0.1, -0.05) is 5.16 Å². The van der Waals surface area contributed by atoms with Crippen molar-refractivity contribution in [3.05, 3.63) is 42.2 Å². The van der Waals surface area contributed by atoms with Crippen molar-refractivity contribution in [2.45, 2.75) is 45.3 Å². The van der Waals surface area contributed by atoms with Gasteiger partial charge in [0.2, 0.25) is 5.89 Å². The van der Waals surface area contributed by atoms with Gasteiger partial charge in [0.1, 0.15) is 0 Å². The van der Waals surface area contributed by atoms with Crippen LogP contribution in [0.25, 0.3) is 5.65 Å². The SMILES string of the molecule is Cc1nc(CN(C)[C@@H]2CCCN(Cc3cnc4cnccn34)CC2)no1. The molecular weight excluding hydrogens is 330 g/mol. The zero-order chi connectivity index (χ0) is 17.9. The average Bonchev–Trinajstić information content (AvgIpc) is 3.15. The van der Waals surface area contributed by atoms with Gasteiger partial charge in [-0.25, -0.2) is 4.98 Å². The summed E-state index contributed by atoms with van der Waals surface area (Å²) in [5.74, 6) is 1.40. The molecule has 0 bridgehead atoms. The molecule has 3 aromatic rings. The fraction of sp³-hybridized carbons (Fsp3) is 0.556. The number of hydrogen-bond donors (Lipinski definition) is 0. The second-order valence-corrected chi connectivity index (χ2v) is 7.06. The molecule has 1 saturated heterocycles. The van der Waals surface area contributed by atoms with Crippen molar-refractivity contribution in [3.63, 3.8) is 0 Å². The fourth-order valence-electron chi connectivity index (χ4n) is 3.74. The Labute approximate surface area is 152 Å². The summed E-state index contributed by atoms with van der Waals surface area (Å²) in [7, 11) is 2.16. The molecule has 0 unspecified atom stereocenters. The van der Waals surface area contributed by atoms with Gasteiger partial charge in [-0.2, -0.15) is 4.98 Å². The maximum absolute atomic E-state index is 5.08. The summed E-state index contributed by atoms with van der Waals surface area (Å²) in [6.45, 7) is 5.69. The number of aryl methyl sites for hydroxylation is 1. The van der Waals surface area contributed by atoms with Crippen LogP contribution in [0.2, 0.25) is 0 Å². The quantitative estimate of drug-likeness (QED) is 0.692. The lowest BCUT2D eigenvalue weighted by molar-refractivity contribution is 0.199. The highest BCUT2D eigenvalue weighted by molar-refractivity contribution is 5.36. The largest absolute Gasteiger partial charge is 0.340 e. The number of nitrogens with zero attached hydrogens (tertiary/aromatic N) is 7. The summed E-state index contributed by atoms with van der Waals surface area (Å²) in [4.78, 5) is 17.8. The van der Waals surface area contributed by atoms with E-state index in [0.29, 0.717) is 11.9 Å². The van der Waals surface area contributed by atoms with Crippen molar-refractivity contribution in [2.24, 2.45) is 0 Å². The summed E-state index contributed by atoms with van der Waals surface area (Å²) < 4.78 is 7.20. The third-order valence-electron chi connectivity index (χ3n) is 5.15. The Morgan fingerprint density at radius 2 is 2.19 bits per heavy atom. The van der Waals surface area contributed by atoms with Gasteiger partial charge < -0.3 is 4.52 Å². The maximum atomic E-state index is 5.08. The molecule has 0 aromatic carbocycles. The van der Waals surface area contributed by atoms with Gasteiger partial charge in [0.05, 0.1) is 24.6 Å². The average molecular weight is 355 g/mol. The first-order chi connectivity index (χ1) is 12.7. The molecule has 0 amide bonds. The summed E-state index contributed by atoms with van der Waals surface area (Å²) in [6.07, 6.45) is 11.1. The Hall–Kier alpha value is -2.32. The lowest BCUT2D eigenvalue weighted by Crippen LogP contribution is -2.33. The fourth-order valence-corrected chi connectivity index (χ4v) is 3.74. The van der Waals surface area contributed by atoms with E-state index in [4.69, 9.17) is 4.52 Å². The molecule has 1 aliphatic rings. The molecule has 1 fully saturated rings. The minimum Gasteiger partial charge on any atom is -0.340 e. The second-order valence-electron chi connectivity index (χ2n) is 7.06. The smallest absolute Gasteiger partial charge is 0.223 e. The number of rotatable bonds is 5. The molecule has 3 aromatic heterocycles. The number of fused-ring (bicyclic) bond motifs is 1. The van der Waals surface area contributed by atoms with E-state index in [2.05, 4.69) is 41.4 Å². The molecule has 0 spiro atoms. The molecule has 8 heteroatoms. The second kappa shape index (κ2) is 7.51. The Bertz CT molecular complexity index is 858. The van der Waals surface area contributed by atoms with Crippen LogP contribution < -0.4 is 0 Å². The highest BCUT2D eigenvalue weighted by Crippen LogP contribution is 2.19. The van der Waals surface area contributed by atoms with Crippen LogP contribution in [-0.2, 0) is 13.1 Å². The summed E-state index contributed by atoms with van der Waals surface area (Å²) in [6, 6.07) is 0.546. The van der Waals surface area contributed by atoms with E-state index in [-0.39, 0.29) is 0 Å². The number of aromatic nitrogens is 5. The third kappa shape index (κ3) is 3.76. The maximum Gasteiger partial charge on any atom is 0.223 e. The van der Waals surface area contributed by atoms with Gasteiger partial charge in [-0.05, 0) is 32.9 Å². The molecule has 0 saturated carbocycles. The highest BCUT2D eigenvalue weighted by atomic mass is 16.5. The predicted molar refractivity (Wildman–Crippen MR) is 96.4 cm³/mol. The van der Waals surface area contributed by atoms with Gasteiger partial charge in [0, 0.05) is 38.4 Å². The Morgan fingerprint density at radius 3 is 3.04 bits per heavy atom. The van der Waals surface area contributed by atoms with Crippen molar-refractivity contribution in [1.29, 1.82) is 0 Å². The molecule has 138 valence electrons. The van der Waals surface area contributed by atoms with Crippen LogP contribution in [0.3, 0.4) is 0 Å². The molecule has 0 aliphatic carbocycles. The van der Waals surface area contributed by atoms with Crippen LogP contribution in [0, 0.1) is 6.92 Å². The highest BCUT2D eigenvalue weighted by Gasteiger charge is 2.22. The van der Waals surface area contributed by atoms with Crippen molar-refractivity contribution >= 4 is 5.65 Å². The topological polar surface area (TPSA) is 75.6 Å². The zero-order valence-electron chi connectivity index (χ0n) is 15.4. The first-order valence-electron chi connectivity index (χ1n) is 9.17. The van der Waals surface area contributed by atoms with Crippen molar-refractivity contribution in [1.82, 2.24) is 34.3 Å². The molecule has 0 radical (unpaired) electrons. The molecule has 1 aliphatic heterocycles. The third-order valence-corrected chi connectivity index (χ3v) is 5.15. The molecule has 26 heavy (non-hydrogen) atoms. The van der Waals surface area contributed by atoms with Crippen LogP contribution >= 0.6 is 0 Å². The van der Waals surface area contributed by atoms with E-state index in [1.165, 1.54) is 18.5 Å². The van der Waals surface area contributed by atoms with Gasteiger partial charge in [-0.15, -0.1) is 0 Å². The number of imidazole rings is 1. The van der Waals surface area contributed by atoms with Gasteiger partial charge in [-0.3, -0.25) is 19.2 Å². The van der Waals surface area contributed by atoms with Crippen LogP contribution in [0.4, 0.5) is 0 Å². The summed E-state index contributed by atoms with van der Waals surface area (Å²) >= 11 is 0. The van der Waals surface area contributed by atoms with Crippen LogP contribution in [0.5, 0.6) is 0 Å². The monoisotopic (exact) mass is 355 g/mol. The van der Waals surface area contributed by atoms with Crippen molar-refractivity contribution < 1.29 is 4.52 Å². The van der Waals surface area contributed by atoms with Crippen molar-refractivity contribution in [2.75, 3.05) is 20.1 Å². The summed E-state index contributed by atoms with van der Waals surface area (Å²) in [5.41, 5.74) is 2.13. The predicted octanol–water partition coefficient (Wildman–Crippen LogP) is 1.91. The normalized spacial score (nSPS) is 19.3. The van der Waals surface area contributed by atoms with E-state index >= 15 is 0 Å². The standard InChI is InChI=1S/C18H25N7O/c1-14-21-17(22-26-14)13-23(2)15-4-3-7-24(8-5-15)12-16-10-20-18-11-19-6-9-25(16)18/h6,9-11,15H,3-5,7-8,12-13H2,1-2H3/t15-/m1/s1. The van der Waals surface area contributed by atoms with Gasteiger partial charge in [0.25, 0.3) is 0 Å². The van der Waals surface area contributed by atoms with Crippen LogP contribution in [0.15, 0.2) is 29.3 Å². The zero-order valence-corrected chi connectivity index (χ0v) is 15.4. The molecule has 8 nitrogen and oxygen atoms in total. The molecule has 1 atom stereocenters. The number of likely N-dealkylation sites (tertiary alicyclic amines) is 1. The molecule has 4 rings (SSSR count). The minimum atomic E-state index is 0.546. The van der Waals surface area contributed by atoms with E-state index in [1.54, 1.807) is 6.20 Å². The Balaban J connectivity index is 1.35. The number of hydrogen-bond acceptors (Lipinski definition) is 7. The Morgan fingerprint density at radius 1 is 1.27 bits per heavy atom. The molecular formula is C18H25N7O. The van der Waals surface area contributed by atoms with Gasteiger partial charge in [0.15, 0.2) is 11.5 Å². The molecule has 4 heterocycles. The first kappa shape index (κ1) is 17.1. The Kier molecular flexibility index (Phi) is 4.94. The summed E-state index contributed by atoms with van der Waals surface area (Å²) in [5, 5.41) is 4.01. The first-order valence-corrected chi connectivity index (χ1v) is 9.17. The van der Waals surface area contributed by atoms with E-state index in [1.807, 2.05) is 25.5 Å². The lowest BCUT2D eigenvalue weighted by Gasteiger charge is -2.26. The lowest BCUT2D eigenvalue weighted by atomic mass is 10.1. The van der Waals surface area contributed by atoms with E-state index in [0.717, 1.165) is 44.1 Å². The van der Waals surface area contributed by atoms with E-state index < -0.39 is 0 Å². The molecule has 0 N–H and O–H groups in total. The van der Waals surface area contributed by atoms with Gasteiger partial charge >= 0.3 is 0 Å². The van der Waals surface area contributed by atoms with Crippen LogP contribution in [0.1, 0.15) is 36.7 Å². The van der Waals surface area contributed by atoms with Crippen LogP contribution in [-0.4, -0.2) is 60.5 Å². The van der Waals surface area contributed by atoms with E-state index in [9.17, 15) is 0 Å².